The lowest BCUT2D eigenvalue weighted by molar-refractivity contribution is 0.263. The molecular formula is C16H12Cl2. The minimum Gasteiger partial charge on any atom is -0.113 e. The Morgan fingerprint density at radius 1 is 1.22 bits per heavy atom. The van der Waals surface area contributed by atoms with E-state index in [1.807, 2.05) is 12.1 Å². The van der Waals surface area contributed by atoms with Crippen molar-refractivity contribution in [1.29, 1.82) is 0 Å². The summed E-state index contributed by atoms with van der Waals surface area (Å²) in [6.07, 6.45) is 6.72. The summed E-state index contributed by atoms with van der Waals surface area (Å²) >= 11 is 13.1. The molecule has 0 saturated heterocycles. The summed E-state index contributed by atoms with van der Waals surface area (Å²) in [5.41, 5.74) is 2.50. The quantitative estimate of drug-likeness (QED) is 0.567. The zero-order chi connectivity index (χ0) is 12.3. The first-order valence-electron chi connectivity index (χ1n) is 6.28. The second-order valence-electron chi connectivity index (χ2n) is 5.27. The fourth-order valence-electron chi connectivity index (χ4n) is 3.17. The van der Waals surface area contributed by atoms with Gasteiger partial charge in [-0.15, -0.1) is 11.6 Å². The summed E-state index contributed by atoms with van der Waals surface area (Å²) in [6.45, 7) is 0. The van der Waals surface area contributed by atoms with Crippen LogP contribution in [-0.2, 0) is 4.87 Å². The minimum atomic E-state index is -0.183. The topological polar surface area (TPSA) is 0 Å². The molecule has 0 spiro atoms. The highest BCUT2D eigenvalue weighted by molar-refractivity contribution is 6.35. The number of hydrogen-bond donors (Lipinski definition) is 0. The lowest BCUT2D eigenvalue weighted by Crippen LogP contribution is -2.40. The molecule has 1 saturated carbocycles. The SMILES string of the molecule is Clc1cccc2cc3c(cc12)C1(Cl)CCC1C=C3. The molecule has 2 aromatic rings. The predicted octanol–water partition coefficient (Wildman–Crippen LogP) is 5.36. The minimum absolute atomic E-state index is 0.183. The molecule has 2 aliphatic rings. The first-order chi connectivity index (χ1) is 8.68. The normalized spacial score (nSPS) is 28.7. The van der Waals surface area contributed by atoms with Gasteiger partial charge in [-0.3, -0.25) is 0 Å². The van der Waals surface area contributed by atoms with Crippen LogP contribution in [0.2, 0.25) is 5.02 Å². The Morgan fingerprint density at radius 2 is 2.11 bits per heavy atom. The van der Waals surface area contributed by atoms with Crippen LogP contribution in [0.1, 0.15) is 24.0 Å². The van der Waals surface area contributed by atoms with Crippen molar-refractivity contribution >= 4 is 40.1 Å². The van der Waals surface area contributed by atoms with E-state index in [4.69, 9.17) is 23.2 Å². The molecule has 90 valence electrons. The first kappa shape index (κ1) is 10.9. The van der Waals surface area contributed by atoms with Crippen LogP contribution < -0.4 is 0 Å². The van der Waals surface area contributed by atoms with Gasteiger partial charge >= 0.3 is 0 Å². The van der Waals surface area contributed by atoms with Crippen molar-refractivity contribution in [1.82, 2.24) is 0 Å². The molecule has 0 aromatic heterocycles. The second kappa shape index (κ2) is 3.53. The lowest BCUT2D eigenvalue weighted by atomic mass is 9.65. The van der Waals surface area contributed by atoms with Crippen molar-refractivity contribution in [2.75, 3.05) is 0 Å². The van der Waals surface area contributed by atoms with Gasteiger partial charge in [0, 0.05) is 16.3 Å². The Labute approximate surface area is 116 Å². The molecule has 0 aliphatic heterocycles. The number of fused-ring (bicyclic) bond motifs is 4. The number of benzene rings is 2. The van der Waals surface area contributed by atoms with Gasteiger partial charge in [0.2, 0.25) is 0 Å². The van der Waals surface area contributed by atoms with E-state index in [-0.39, 0.29) is 4.87 Å². The smallest absolute Gasteiger partial charge is 0.0763 e. The Morgan fingerprint density at radius 3 is 2.89 bits per heavy atom. The standard InChI is InChI=1S/C16H12Cl2/c17-15-3-1-2-10-8-11-4-5-12-6-7-16(12,18)14(11)9-13(10)15/h1-5,8-9,12H,6-7H2. The summed E-state index contributed by atoms with van der Waals surface area (Å²) in [6, 6.07) is 10.4. The van der Waals surface area contributed by atoms with E-state index in [0.29, 0.717) is 5.92 Å². The Bertz CT molecular complexity index is 687. The molecular weight excluding hydrogens is 263 g/mol. The highest BCUT2D eigenvalue weighted by atomic mass is 35.5. The molecule has 2 heteroatoms. The van der Waals surface area contributed by atoms with Gasteiger partial charge in [0.1, 0.15) is 0 Å². The zero-order valence-corrected chi connectivity index (χ0v) is 11.3. The van der Waals surface area contributed by atoms with Gasteiger partial charge in [0.05, 0.1) is 4.87 Å². The Balaban J connectivity index is 2.06. The number of alkyl halides is 1. The predicted molar refractivity (Wildman–Crippen MR) is 78.2 cm³/mol. The van der Waals surface area contributed by atoms with Gasteiger partial charge in [-0.2, -0.15) is 0 Å². The van der Waals surface area contributed by atoms with Gasteiger partial charge in [0.15, 0.2) is 0 Å². The van der Waals surface area contributed by atoms with Crippen molar-refractivity contribution in [2.45, 2.75) is 17.7 Å². The van der Waals surface area contributed by atoms with Gasteiger partial charge in [0.25, 0.3) is 0 Å². The molecule has 0 amide bonds. The molecule has 0 bridgehead atoms. The largest absolute Gasteiger partial charge is 0.113 e. The van der Waals surface area contributed by atoms with E-state index in [2.05, 4.69) is 30.4 Å². The maximum atomic E-state index is 6.80. The van der Waals surface area contributed by atoms with E-state index in [9.17, 15) is 0 Å². The van der Waals surface area contributed by atoms with Crippen LogP contribution in [0.25, 0.3) is 16.8 Å². The first-order valence-corrected chi connectivity index (χ1v) is 7.04. The molecule has 2 atom stereocenters. The number of allylic oxidation sites excluding steroid dienone is 1. The van der Waals surface area contributed by atoms with E-state index in [1.54, 1.807) is 0 Å². The lowest BCUT2D eigenvalue weighted by Gasteiger charge is -2.46. The molecule has 0 N–H and O–H groups in total. The molecule has 18 heavy (non-hydrogen) atoms. The molecule has 0 radical (unpaired) electrons. The molecule has 0 heterocycles. The summed E-state index contributed by atoms with van der Waals surface area (Å²) in [5.74, 6) is 0.492. The number of rotatable bonds is 0. The summed E-state index contributed by atoms with van der Waals surface area (Å²) in [4.78, 5) is -0.183. The van der Waals surface area contributed by atoms with Crippen LogP contribution in [0.15, 0.2) is 36.4 Å². The third-order valence-electron chi connectivity index (χ3n) is 4.36. The monoisotopic (exact) mass is 274 g/mol. The fourth-order valence-corrected chi connectivity index (χ4v) is 3.86. The number of halogens is 2. The van der Waals surface area contributed by atoms with Crippen LogP contribution in [0, 0.1) is 5.92 Å². The molecule has 1 fully saturated rings. The molecule has 2 aromatic carbocycles. The maximum absolute atomic E-state index is 6.80. The third-order valence-corrected chi connectivity index (χ3v) is 5.36. The van der Waals surface area contributed by atoms with E-state index < -0.39 is 0 Å². The molecule has 0 nitrogen and oxygen atoms in total. The average Bonchev–Trinajstić information content (AvgIpc) is 2.35. The van der Waals surface area contributed by atoms with E-state index in [1.165, 1.54) is 22.9 Å². The van der Waals surface area contributed by atoms with Gasteiger partial charge in [-0.1, -0.05) is 35.9 Å². The third kappa shape index (κ3) is 1.28. The van der Waals surface area contributed by atoms with Crippen LogP contribution >= 0.6 is 23.2 Å². The van der Waals surface area contributed by atoms with Crippen molar-refractivity contribution < 1.29 is 0 Å². The average molecular weight is 275 g/mol. The molecule has 2 aliphatic carbocycles. The fraction of sp³-hybridized carbons (Fsp3) is 0.250. The van der Waals surface area contributed by atoms with Crippen molar-refractivity contribution in [2.24, 2.45) is 5.92 Å². The number of hydrogen-bond acceptors (Lipinski definition) is 0. The van der Waals surface area contributed by atoms with Crippen molar-refractivity contribution in [3.05, 3.63) is 52.6 Å². The van der Waals surface area contributed by atoms with E-state index >= 15 is 0 Å². The van der Waals surface area contributed by atoms with Crippen molar-refractivity contribution in [3.63, 3.8) is 0 Å². The van der Waals surface area contributed by atoms with Crippen LogP contribution in [0.3, 0.4) is 0 Å². The van der Waals surface area contributed by atoms with Crippen LogP contribution in [0.5, 0.6) is 0 Å². The molecule has 4 rings (SSSR count). The highest BCUT2D eigenvalue weighted by Gasteiger charge is 2.47. The second-order valence-corrected chi connectivity index (χ2v) is 6.35. The van der Waals surface area contributed by atoms with Crippen LogP contribution in [0.4, 0.5) is 0 Å². The van der Waals surface area contributed by atoms with Gasteiger partial charge in [-0.25, -0.2) is 0 Å². The summed E-state index contributed by atoms with van der Waals surface area (Å²) in [7, 11) is 0. The maximum Gasteiger partial charge on any atom is 0.0763 e. The Hall–Kier alpha value is -0.980. The van der Waals surface area contributed by atoms with Crippen LogP contribution in [-0.4, -0.2) is 0 Å². The van der Waals surface area contributed by atoms with Crippen molar-refractivity contribution in [3.8, 4) is 0 Å². The zero-order valence-electron chi connectivity index (χ0n) is 9.79. The summed E-state index contributed by atoms with van der Waals surface area (Å²) < 4.78 is 0. The van der Waals surface area contributed by atoms with E-state index in [0.717, 1.165) is 16.8 Å². The van der Waals surface area contributed by atoms with Gasteiger partial charge < -0.3 is 0 Å². The summed E-state index contributed by atoms with van der Waals surface area (Å²) in [5, 5.41) is 3.10. The van der Waals surface area contributed by atoms with Gasteiger partial charge in [-0.05, 0) is 47.6 Å². The highest BCUT2D eigenvalue weighted by Crippen LogP contribution is 2.56. The molecule has 2 unspecified atom stereocenters. The Kier molecular flexibility index (Phi) is 2.13.